The molecule has 174 valence electrons. The van der Waals surface area contributed by atoms with Crippen molar-refractivity contribution in [2.45, 2.75) is 63.6 Å². The number of ether oxygens (including phenoxy) is 2. The fourth-order valence-corrected chi connectivity index (χ4v) is 4.76. The second-order valence-corrected chi connectivity index (χ2v) is 9.11. The van der Waals surface area contributed by atoms with E-state index in [9.17, 15) is 9.59 Å². The molecule has 0 saturated heterocycles. The number of hydrogen-bond donors (Lipinski definition) is 1. The van der Waals surface area contributed by atoms with E-state index in [4.69, 9.17) is 14.5 Å². The summed E-state index contributed by atoms with van der Waals surface area (Å²) in [4.78, 5) is 30.4. The molecule has 0 radical (unpaired) electrons. The molecule has 4 rings (SSSR count). The van der Waals surface area contributed by atoms with Crippen LogP contribution in [0.4, 0.5) is 5.95 Å². The molecule has 9 heteroatoms. The molecule has 2 heterocycles. The molecule has 2 aromatic heterocycles. The van der Waals surface area contributed by atoms with Gasteiger partial charge in [-0.15, -0.1) is 0 Å². The summed E-state index contributed by atoms with van der Waals surface area (Å²) in [7, 11) is 6.48. The van der Waals surface area contributed by atoms with Gasteiger partial charge in [0, 0.05) is 33.7 Å². The van der Waals surface area contributed by atoms with E-state index >= 15 is 0 Å². The molecule has 1 atom stereocenters. The quantitative estimate of drug-likeness (QED) is 0.737. The molecule has 0 amide bonds. The molecule has 2 aliphatic rings. The van der Waals surface area contributed by atoms with Gasteiger partial charge in [-0.25, -0.2) is 4.79 Å². The highest BCUT2D eigenvalue weighted by Crippen LogP contribution is 2.31. The lowest BCUT2D eigenvalue weighted by Crippen LogP contribution is -2.37. The fourth-order valence-electron chi connectivity index (χ4n) is 4.76. The van der Waals surface area contributed by atoms with Crippen LogP contribution in [0.3, 0.4) is 0 Å². The van der Waals surface area contributed by atoms with Crippen LogP contribution in [0.5, 0.6) is 0 Å². The molecule has 2 aliphatic carbocycles. The number of aryl methyl sites for hydroxylation is 1. The van der Waals surface area contributed by atoms with E-state index in [1.807, 2.05) is 17.6 Å². The van der Waals surface area contributed by atoms with E-state index in [1.165, 1.54) is 30.9 Å². The van der Waals surface area contributed by atoms with Gasteiger partial charge in [0.25, 0.3) is 5.56 Å². The lowest BCUT2D eigenvalue weighted by Gasteiger charge is -2.30. The van der Waals surface area contributed by atoms with Gasteiger partial charge >= 0.3 is 5.69 Å². The summed E-state index contributed by atoms with van der Waals surface area (Å²) in [5.74, 6) is 1.43. The maximum absolute atomic E-state index is 13.2. The number of nitrogens with one attached hydrogen (secondary N) is 1. The van der Waals surface area contributed by atoms with E-state index < -0.39 is 5.60 Å². The lowest BCUT2D eigenvalue weighted by atomic mass is 9.91. The summed E-state index contributed by atoms with van der Waals surface area (Å²) in [6.45, 7) is 2.42. The van der Waals surface area contributed by atoms with Crippen LogP contribution >= 0.6 is 0 Å². The zero-order valence-electron chi connectivity index (χ0n) is 19.6. The average Bonchev–Trinajstić information content (AvgIpc) is 3.14. The maximum atomic E-state index is 13.2. The van der Waals surface area contributed by atoms with E-state index in [-0.39, 0.29) is 11.2 Å². The van der Waals surface area contributed by atoms with Crippen molar-refractivity contribution in [2.24, 2.45) is 14.1 Å². The number of methoxy groups -OCH3 is 2. The monoisotopic (exact) mass is 443 g/mol. The molecule has 32 heavy (non-hydrogen) atoms. The molecule has 1 unspecified atom stereocenters. The summed E-state index contributed by atoms with van der Waals surface area (Å²) in [5.41, 5.74) is 0.514. The van der Waals surface area contributed by atoms with Gasteiger partial charge in [-0.1, -0.05) is 19.3 Å². The molecule has 0 bridgehead atoms. The van der Waals surface area contributed by atoms with Crippen molar-refractivity contribution >= 4 is 17.1 Å². The van der Waals surface area contributed by atoms with Crippen molar-refractivity contribution in [1.82, 2.24) is 18.7 Å². The number of imidazole rings is 1. The summed E-state index contributed by atoms with van der Waals surface area (Å²) in [6.07, 6.45) is 10.4. The second kappa shape index (κ2) is 8.61. The Labute approximate surface area is 187 Å². The van der Waals surface area contributed by atoms with Gasteiger partial charge in [-0.05, 0) is 37.5 Å². The highest BCUT2D eigenvalue weighted by Gasteiger charge is 2.29. The van der Waals surface area contributed by atoms with Crippen LogP contribution < -0.4 is 16.6 Å². The van der Waals surface area contributed by atoms with Crippen molar-refractivity contribution in [1.29, 1.82) is 0 Å². The minimum absolute atomic E-state index is 0.301. The van der Waals surface area contributed by atoms with Crippen LogP contribution in [-0.2, 0) is 30.1 Å². The van der Waals surface area contributed by atoms with Gasteiger partial charge in [0.15, 0.2) is 11.2 Å². The Morgan fingerprint density at radius 1 is 1.16 bits per heavy atom. The topological polar surface area (TPSA) is 92.3 Å². The predicted octanol–water partition coefficient (Wildman–Crippen LogP) is 2.44. The third-order valence-corrected chi connectivity index (χ3v) is 6.72. The van der Waals surface area contributed by atoms with E-state index in [0.717, 1.165) is 28.7 Å². The molecule has 0 aliphatic heterocycles. The van der Waals surface area contributed by atoms with E-state index in [2.05, 4.69) is 11.4 Å². The van der Waals surface area contributed by atoms with Gasteiger partial charge < -0.3 is 14.8 Å². The third kappa shape index (κ3) is 4.01. The first-order chi connectivity index (χ1) is 15.3. The molecule has 0 spiro atoms. The Hall–Kier alpha value is -2.81. The lowest BCUT2D eigenvalue weighted by molar-refractivity contribution is 0.0344. The highest BCUT2D eigenvalue weighted by atomic mass is 16.5. The number of nitrogens with zero attached hydrogens (tertiary/aromatic N) is 4. The standard InChI is InChI=1S/C23H33N5O4/c1-23(32-5)12-15(11-17(13-23)31-4)14-28-18-19(26(2)22(30)27(3)20(18)29)25-21(28)24-16-9-7-6-8-10-16/h11-12,16H,6-10,13-14H2,1-5H3,(H,24,25). The van der Waals surface area contributed by atoms with Crippen LogP contribution in [0.25, 0.3) is 11.2 Å². The molecule has 2 aromatic rings. The first-order valence-corrected chi connectivity index (χ1v) is 11.2. The summed E-state index contributed by atoms with van der Waals surface area (Å²) >= 11 is 0. The van der Waals surface area contributed by atoms with Crippen LogP contribution in [0, 0.1) is 0 Å². The molecule has 1 fully saturated rings. The Balaban J connectivity index is 1.86. The van der Waals surface area contributed by atoms with Crippen molar-refractivity contribution in [3.63, 3.8) is 0 Å². The second-order valence-electron chi connectivity index (χ2n) is 9.11. The zero-order valence-corrected chi connectivity index (χ0v) is 19.6. The SMILES string of the molecule is COC1=CC(Cn2c(NC3CCCCC3)nc3c2c(=O)n(C)c(=O)n3C)=CC(C)(OC)C1. The predicted molar refractivity (Wildman–Crippen MR) is 124 cm³/mol. The Kier molecular flexibility index (Phi) is 6.03. The maximum Gasteiger partial charge on any atom is 0.332 e. The Bertz CT molecular complexity index is 1200. The van der Waals surface area contributed by atoms with Gasteiger partial charge in [0.2, 0.25) is 5.95 Å². The molecular formula is C23H33N5O4. The third-order valence-electron chi connectivity index (χ3n) is 6.72. The molecule has 9 nitrogen and oxygen atoms in total. The normalized spacial score (nSPS) is 22.0. The largest absolute Gasteiger partial charge is 0.501 e. The van der Waals surface area contributed by atoms with Gasteiger partial charge in [0.05, 0.1) is 25.0 Å². The molecule has 1 N–H and O–H groups in total. The summed E-state index contributed by atoms with van der Waals surface area (Å²) in [5, 5.41) is 3.56. The average molecular weight is 444 g/mol. The number of rotatable bonds is 6. The first kappa shape index (κ1) is 22.4. The Morgan fingerprint density at radius 3 is 2.53 bits per heavy atom. The van der Waals surface area contributed by atoms with Crippen molar-refractivity contribution in [3.8, 4) is 0 Å². The van der Waals surface area contributed by atoms with Gasteiger partial charge in [-0.2, -0.15) is 4.98 Å². The van der Waals surface area contributed by atoms with Crippen molar-refractivity contribution in [2.75, 3.05) is 19.5 Å². The molecular weight excluding hydrogens is 410 g/mol. The van der Waals surface area contributed by atoms with Gasteiger partial charge in [-0.3, -0.25) is 18.5 Å². The van der Waals surface area contributed by atoms with Crippen molar-refractivity contribution in [3.05, 3.63) is 44.3 Å². The number of aromatic nitrogens is 4. The van der Waals surface area contributed by atoms with E-state index in [0.29, 0.717) is 36.1 Å². The molecule has 1 saturated carbocycles. The van der Waals surface area contributed by atoms with Crippen molar-refractivity contribution < 1.29 is 9.47 Å². The summed E-state index contributed by atoms with van der Waals surface area (Å²) in [6, 6.07) is 0.301. The van der Waals surface area contributed by atoms with Crippen LogP contribution in [0.15, 0.2) is 33.1 Å². The summed E-state index contributed by atoms with van der Waals surface area (Å²) < 4.78 is 15.7. The first-order valence-electron chi connectivity index (χ1n) is 11.2. The smallest absolute Gasteiger partial charge is 0.332 e. The minimum Gasteiger partial charge on any atom is -0.501 e. The minimum atomic E-state index is -0.499. The number of allylic oxidation sites excluding steroid dienone is 2. The Morgan fingerprint density at radius 2 is 1.88 bits per heavy atom. The molecule has 0 aromatic carbocycles. The highest BCUT2D eigenvalue weighted by molar-refractivity contribution is 5.74. The van der Waals surface area contributed by atoms with Gasteiger partial charge in [0.1, 0.15) is 0 Å². The fraction of sp³-hybridized carbons (Fsp3) is 0.609. The zero-order chi connectivity index (χ0) is 23.0. The van der Waals surface area contributed by atoms with Crippen LogP contribution in [0.1, 0.15) is 45.4 Å². The number of fused-ring (bicyclic) bond motifs is 1. The van der Waals surface area contributed by atoms with Crippen LogP contribution in [-0.4, -0.2) is 44.5 Å². The van der Waals surface area contributed by atoms with E-state index in [1.54, 1.807) is 21.3 Å². The van der Waals surface area contributed by atoms with Crippen LogP contribution in [0.2, 0.25) is 0 Å². The number of hydrogen-bond acceptors (Lipinski definition) is 6. The number of anilines is 1.